The van der Waals surface area contributed by atoms with Crippen molar-refractivity contribution in [3.05, 3.63) is 24.1 Å². The second-order valence-corrected chi connectivity index (χ2v) is 10.5. The van der Waals surface area contributed by atoms with Gasteiger partial charge in [-0.1, -0.05) is 12.8 Å². The van der Waals surface area contributed by atoms with Gasteiger partial charge in [0.1, 0.15) is 17.2 Å². The number of ketones is 1. The van der Waals surface area contributed by atoms with E-state index < -0.39 is 0 Å². The van der Waals surface area contributed by atoms with Crippen molar-refractivity contribution < 1.29 is 13.9 Å². The molecule has 0 spiro atoms. The first-order valence-corrected chi connectivity index (χ1v) is 13.1. The van der Waals surface area contributed by atoms with Gasteiger partial charge in [-0.15, -0.1) is 0 Å². The molecule has 2 aromatic rings. The number of Topliss-reactive ketones (excluding diaryl/α,β-unsaturated/α-hetero) is 1. The number of nitrogens with zero attached hydrogens (tertiary/aromatic N) is 3. The Labute approximate surface area is 197 Å². The van der Waals surface area contributed by atoms with Crippen LogP contribution in [0.2, 0.25) is 0 Å². The molecule has 0 unspecified atom stereocenters. The maximum absolute atomic E-state index is 12.6. The molecule has 3 aliphatic rings. The Morgan fingerprint density at radius 2 is 1.76 bits per heavy atom. The largest absolute Gasteiger partial charge is 0.464 e. The van der Waals surface area contributed by atoms with Crippen LogP contribution in [0.15, 0.2) is 22.9 Å². The van der Waals surface area contributed by atoms with E-state index in [1.807, 2.05) is 12.3 Å². The lowest BCUT2D eigenvalue weighted by atomic mass is 9.77. The molecule has 4 heterocycles. The molecule has 2 saturated heterocycles. The molecule has 180 valence electrons. The number of carbonyl (C=O) groups excluding carboxylic acids is 1. The van der Waals surface area contributed by atoms with Crippen molar-refractivity contribution in [2.45, 2.75) is 58.3 Å². The van der Waals surface area contributed by atoms with Crippen LogP contribution >= 0.6 is 0 Å². The first kappa shape index (κ1) is 22.9. The van der Waals surface area contributed by atoms with Crippen molar-refractivity contribution in [1.82, 2.24) is 9.88 Å². The third-order valence-corrected chi connectivity index (χ3v) is 8.30. The van der Waals surface area contributed by atoms with Crippen LogP contribution in [0.4, 0.5) is 5.82 Å². The Bertz CT molecular complexity index is 920. The van der Waals surface area contributed by atoms with Gasteiger partial charge in [0.25, 0.3) is 0 Å². The number of fused-ring (bicyclic) bond motifs is 1. The highest BCUT2D eigenvalue weighted by molar-refractivity contribution is 5.90. The normalized spacial score (nSPS) is 25.5. The molecule has 5 rings (SSSR count). The van der Waals surface area contributed by atoms with E-state index in [1.54, 1.807) is 6.26 Å². The molecular formula is C27H39N3O3. The van der Waals surface area contributed by atoms with Crippen LogP contribution in [-0.2, 0) is 9.53 Å². The molecule has 6 nitrogen and oxygen atoms in total. The summed E-state index contributed by atoms with van der Waals surface area (Å²) in [4.78, 5) is 22.4. The van der Waals surface area contributed by atoms with Crippen molar-refractivity contribution >= 4 is 22.6 Å². The van der Waals surface area contributed by atoms with Crippen molar-refractivity contribution in [2.75, 3.05) is 50.8 Å². The van der Waals surface area contributed by atoms with E-state index in [4.69, 9.17) is 14.1 Å². The molecule has 2 aliphatic heterocycles. The van der Waals surface area contributed by atoms with Crippen LogP contribution in [0, 0.1) is 24.7 Å². The Morgan fingerprint density at radius 1 is 1.03 bits per heavy atom. The summed E-state index contributed by atoms with van der Waals surface area (Å²) >= 11 is 0. The Morgan fingerprint density at radius 3 is 2.52 bits per heavy atom. The highest BCUT2D eigenvalue weighted by Crippen LogP contribution is 2.34. The summed E-state index contributed by atoms with van der Waals surface area (Å²) in [6, 6.07) is 2.05. The van der Waals surface area contributed by atoms with Crippen molar-refractivity contribution in [2.24, 2.45) is 17.8 Å². The number of ether oxygens (including phenoxy) is 1. The summed E-state index contributed by atoms with van der Waals surface area (Å²) in [7, 11) is 0. The molecule has 1 saturated carbocycles. The van der Waals surface area contributed by atoms with Gasteiger partial charge >= 0.3 is 0 Å². The van der Waals surface area contributed by atoms with Gasteiger partial charge in [-0.2, -0.15) is 0 Å². The van der Waals surface area contributed by atoms with E-state index in [2.05, 4.69) is 16.7 Å². The monoisotopic (exact) mass is 453 g/mol. The van der Waals surface area contributed by atoms with Gasteiger partial charge in [-0.3, -0.25) is 9.69 Å². The average molecular weight is 454 g/mol. The van der Waals surface area contributed by atoms with Crippen LogP contribution in [0.25, 0.3) is 11.0 Å². The zero-order chi connectivity index (χ0) is 22.6. The minimum absolute atomic E-state index is 0.273. The van der Waals surface area contributed by atoms with Gasteiger partial charge in [0, 0.05) is 63.5 Å². The summed E-state index contributed by atoms with van der Waals surface area (Å²) < 4.78 is 11.1. The van der Waals surface area contributed by atoms with Crippen molar-refractivity contribution in [3.8, 4) is 0 Å². The second-order valence-electron chi connectivity index (χ2n) is 10.5. The SMILES string of the molecule is Cc1cnc(N2CCN(CCC3CCC(CC(=O)C4CCOCC4)CC3)CC2)c2ccoc12. The third kappa shape index (κ3) is 5.43. The van der Waals surface area contributed by atoms with Crippen LogP contribution in [-0.4, -0.2) is 61.6 Å². The van der Waals surface area contributed by atoms with E-state index >= 15 is 0 Å². The number of furan rings is 1. The lowest BCUT2D eigenvalue weighted by molar-refractivity contribution is -0.126. The number of hydrogen-bond acceptors (Lipinski definition) is 6. The number of aromatic nitrogens is 1. The van der Waals surface area contributed by atoms with E-state index in [0.29, 0.717) is 11.7 Å². The van der Waals surface area contributed by atoms with Crippen LogP contribution in [0.1, 0.15) is 56.9 Å². The predicted octanol–water partition coefficient (Wildman–Crippen LogP) is 4.84. The zero-order valence-corrected chi connectivity index (χ0v) is 20.1. The summed E-state index contributed by atoms with van der Waals surface area (Å²) in [5, 5.41) is 1.13. The number of hydrogen-bond donors (Lipinski definition) is 0. The van der Waals surface area contributed by atoms with Gasteiger partial charge in [0.2, 0.25) is 0 Å². The highest BCUT2D eigenvalue weighted by Gasteiger charge is 2.28. The van der Waals surface area contributed by atoms with Crippen LogP contribution in [0.5, 0.6) is 0 Å². The molecule has 6 heteroatoms. The summed E-state index contributed by atoms with van der Waals surface area (Å²) in [6.07, 6.45) is 12.8. The summed E-state index contributed by atoms with van der Waals surface area (Å²) in [5.41, 5.74) is 2.06. The first-order chi connectivity index (χ1) is 16.2. The van der Waals surface area contributed by atoms with Gasteiger partial charge in [-0.25, -0.2) is 4.98 Å². The zero-order valence-electron chi connectivity index (χ0n) is 20.1. The molecule has 0 atom stereocenters. The molecule has 0 N–H and O–H groups in total. The van der Waals surface area contributed by atoms with Crippen molar-refractivity contribution in [3.63, 3.8) is 0 Å². The maximum Gasteiger partial charge on any atom is 0.142 e. The molecule has 3 fully saturated rings. The minimum atomic E-state index is 0.273. The quantitative estimate of drug-likeness (QED) is 0.598. The lowest BCUT2D eigenvalue weighted by Gasteiger charge is -2.37. The van der Waals surface area contributed by atoms with E-state index in [1.165, 1.54) is 38.6 Å². The van der Waals surface area contributed by atoms with Gasteiger partial charge < -0.3 is 14.1 Å². The molecule has 0 amide bonds. The number of pyridine rings is 1. The average Bonchev–Trinajstić information content (AvgIpc) is 3.36. The summed E-state index contributed by atoms with van der Waals surface area (Å²) in [5.74, 6) is 3.31. The number of anilines is 1. The standard InChI is InChI=1S/C27H39N3O3/c1-20-19-28-27(24-9-17-33-26(20)24)30-13-11-29(12-14-30)10-6-21-2-4-22(5-3-21)18-25(31)23-7-15-32-16-8-23/h9,17,19,21-23H,2-8,10-16,18H2,1H3. The van der Waals surface area contributed by atoms with Crippen LogP contribution < -0.4 is 4.90 Å². The number of aryl methyl sites for hydroxylation is 1. The second kappa shape index (κ2) is 10.6. The maximum atomic E-state index is 12.6. The van der Waals surface area contributed by atoms with E-state index in [0.717, 1.165) is 86.9 Å². The number of rotatable bonds is 7. The molecule has 1 aliphatic carbocycles. The molecule has 0 aromatic carbocycles. The lowest BCUT2D eigenvalue weighted by Crippen LogP contribution is -2.47. The third-order valence-electron chi connectivity index (χ3n) is 8.30. The number of piperazine rings is 1. The van der Waals surface area contributed by atoms with Gasteiger partial charge in [0.05, 0.1) is 11.6 Å². The molecule has 0 bridgehead atoms. The molecule has 0 radical (unpaired) electrons. The van der Waals surface area contributed by atoms with Gasteiger partial charge in [0.15, 0.2) is 0 Å². The fourth-order valence-electron chi connectivity index (χ4n) is 6.07. The van der Waals surface area contributed by atoms with Crippen LogP contribution in [0.3, 0.4) is 0 Å². The van der Waals surface area contributed by atoms with Crippen molar-refractivity contribution in [1.29, 1.82) is 0 Å². The predicted molar refractivity (Wildman–Crippen MR) is 131 cm³/mol. The topological polar surface area (TPSA) is 58.8 Å². The molecule has 2 aromatic heterocycles. The fraction of sp³-hybridized carbons (Fsp3) is 0.704. The van der Waals surface area contributed by atoms with E-state index in [-0.39, 0.29) is 5.92 Å². The van der Waals surface area contributed by atoms with Gasteiger partial charge in [-0.05, 0) is 63.5 Å². The Kier molecular flexibility index (Phi) is 7.31. The number of carbonyl (C=O) groups is 1. The molecule has 33 heavy (non-hydrogen) atoms. The highest BCUT2D eigenvalue weighted by atomic mass is 16.5. The molecular weight excluding hydrogens is 414 g/mol. The summed E-state index contributed by atoms with van der Waals surface area (Å²) in [6.45, 7) is 9.05. The first-order valence-electron chi connectivity index (χ1n) is 13.1. The van der Waals surface area contributed by atoms with E-state index in [9.17, 15) is 4.79 Å². The fourth-order valence-corrected chi connectivity index (χ4v) is 6.07. The Balaban J connectivity index is 1.02. The minimum Gasteiger partial charge on any atom is -0.464 e. The smallest absolute Gasteiger partial charge is 0.142 e. The Hall–Kier alpha value is -1.92.